The second-order valence-corrected chi connectivity index (χ2v) is 5.67. The van der Waals surface area contributed by atoms with Gasteiger partial charge in [-0.15, -0.1) is 12.4 Å². The zero-order chi connectivity index (χ0) is 15.4. The van der Waals surface area contributed by atoms with Gasteiger partial charge in [0.25, 0.3) is 0 Å². The molecule has 0 saturated heterocycles. The minimum atomic E-state index is -0.916. The second kappa shape index (κ2) is 8.17. The van der Waals surface area contributed by atoms with Crippen LogP contribution in [-0.2, 0) is 0 Å². The van der Waals surface area contributed by atoms with Crippen LogP contribution in [0.3, 0.4) is 0 Å². The van der Waals surface area contributed by atoms with E-state index >= 15 is 0 Å². The topological polar surface area (TPSA) is 43.1 Å². The van der Waals surface area contributed by atoms with Gasteiger partial charge in [-0.3, -0.25) is 4.79 Å². The van der Waals surface area contributed by atoms with E-state index in [0.717, 1.165) is 34.9 Å². The fraction of sp³-hybridized carbons (Fsp3) is 0. The van der Waals surface area contributed by atoms with Crippen molar-refractivity contribution in [2.24, 2.45) is 5.73 Å². The number of allylic oxidation sites excluding steroid dienone is 1. The Bertz CT molecular complexity index is 705. The number of carbonyl (C=O) groups excluding carboxylic acids is 1. The molecule has 0 heterocycles. The molecule has 0 aliphatic carbocycles. The Morgan fingerprint density at radius 2 is 1.77 bits per heavy atom. The lowest BCUT2D eigenvalue weighted by atomic mass is 10.1. The molecule has 116 valence electrons. The summed E-state index contributed by atoms with van der Waals surface area (Å²) in [5.74, 6) is -2.27. The van der Waals surface area contributed by atoms with Crippen LogP contribution in [0.1, 0.15) is 10.4 Å². The SMILES string of the molecule is Cl.NC(=CC(=O)c1ccc(F)cc1F)Sc1ccc(Cl)cc1. The molecule has 2 aromatic rings. The predicted octanol–water partition coefficient (Wildman–Crippen LogP) is 4.82. The van der Waals surface area contributed by atoms with Gasteiger partial charge in [-0.05, 0) is 36.4 Å². The van der Waals surface area contributed by atoms with E-state index in [0.29, 0.717) is 11.1 Å². The van der Waals surface area contributed by atoms with Gasteiger partial charge in [0.05, 0.1) is 10.6 Å². The molecule has 7 heteroatoms. The molecule has 2 nitrogen and oxygen atoms in total. The third kappa shape index (κ3) is 5.02. The largest absolute Gasteiger partial charge is 0.393 e. The van der Waals surface area contributed by atoms with E-state index in [9.17, 15) is 13.6 Å². The first kappa shape index (κ1) is 18.5. The van der Waals surface area contributed by atoms with Crippen LogP contribution < -0.4 is 5.73 Å². The van der Waals surface area contributed by atoms with Crippen molar-refractivity contribution in [1.82, 2.24) is 0 Å². The van der Waals surface area contributed by atoms with Gasteiger partial charge in [0.15, 0.2) is 5.78 Å². The van der Waals surface area contributed by atoms with Crippen molar-refractivity contribution in [2.75, 3.05) is 0 Å². The highest BCUT2D eigenvalue weighted by Gasteiger charge is 2.11. The van der Waals surface area contributed by atoms with Crippen molar-refractivity contribution in [3.63, 3.8) is 0 Å². The molecule has 2 aromatic carbocycles. The third-order valence-corrected chi connectivity index (χ3v) is 3.63. The van der Waals surface area contributed by atoms with Crippen LogP contribution in [0, 0.1) is 11.6 Å². The van der Waals surface area contributed by atoms with Crippen LogP contribution >= 0.6 is 35.8 Å². The van der Waals surface area contributed by atoms with E-state index in [4.69, 9.17) is 17.3 Å². The van der Waals surface area contributed by atoms with Crippen molar-refractivity contribution in [3.8, 4) is 0 Å². The number of rotatable bonds is 4. The molecule has 2 rings (SSSR count). The molecule has 0 spiro atoms. The maximum Gasteiger partial charge on any atom is 0.191 e. The monoisotopic (exact) mass is 361 g/mol. The molecule has 0 aliphatic heterocycles. The predicted molar refractivity (Wildman–Crippen MR) is 87.5 cm³/mol. The summed E-state index contributed by atoms with van der Waals surface area (Å²) in [6, 6.07) is 9.64. The summed E-state index contributed by atoms with van der Waals surface area (Å²) >= 11 is 6.91. The van der Waals surface area contributed by atoms with E-state index in [2.05, 4.69) is 0 Å². The van der Waals surface area contributed by atoms with Crippen molar-refractivity contribution in [3.05, 3.63) is 75.8 Å². The molecule has 0 fully saturated rings. The van der Waals surface area contributed by atoms with Gasteiger partial charge in [-0.2, -0.15) is 0 Å². The van der Waals surface area contributed by atoms with Crippen LogP contribution in [0.15, 0.2) is 58.5 Å². The Labute approximate surface area is 141 Å². The lowest BCUT2D eigenvalue weighted by molar-refractivity contribution is 0.104. The van der Waals surface area contributed by atoms with Crippen molar-refractivity contribution in [2.45, 2.75) is 4.90 Å². The van der Waals surface area contributed by atoms with Gasteiger partial charge in [0.1, 0.15) is 11.6 Å². The zero-order valence-corrected chi connectivity index (χ0v) is 13.4. The van der Waals surface area contributed by atoms with Crippen LogP contribution in [0.25, 0.3) is 0 Å². The van der Waals surface area contributed by atoms with Gasteiger partial charge in [-0.1, -0.05) is 23.4 Å². The van der Waals surface area contributed by atoms with Crippen LogP contribution in [0.5, 0.6) is 0 Å². The quantitative estimate of drug-likeness (QED) is 0.482. The standard InChI is InChI=1S/C15H10ClF2NOS.ClH/c16-9-1-4-11(5-2-9)21-15(19)8-14(20)12-6-3-10(17)7-13(12)18;/h1-8H,19H2;1H. The van der Waals surface area contributed by atoms with Crippen LogP contribution in [0.2, 0.25) is 5.02 Å². The number of halogens is 4. The number of ketones is 1. The Morgan fingerprint density at radius 1 is 1.14 bits per heavy atom. The highest BCUT2D eigenvalue weighted by atomic mass is 35.5. The molecule has 0 aromatic heterocycles. The molecule has 22 heavy (non-hydrogen) atoms. The molecule has 0 unspecified atom stereocenters. The molecule has 0 aliphatic rings. The normalized spacial score (nSPS) is 11.0. The number of carbonyl (C=O) groups is 1. The van der Waals surface area contributed by atoms with Gasteiger partial charge in [-0.25, -0.2) is 8.78 Å². The number of benzene rings is 2. The van der Waals surface area contributed by atoms with Crippen molar-refractivity contribution >= 4 is 41.6 Å². The molecule has 0 amide bonds. The van der Waals surface area contributed by atoms with E-state index in [-0.39, 0.29) is 23.0 Å². The molecule has 0 atom stereocenters. The number of hydrogen-bond acceptors (Lipinski definition) is 3. The number of thioether (sulfide) groups is 1. The Balaban J connectivity index is 0.00000242. The highest BCUT2D eigenvalue weighted by molar-refractivity contribution is 8.03. The maximum absolute atomic E-state index is 13.5. The second-order valence-electron chi connectivity index (χ2n) is 4.09. The minimum absolute atomic E-state index is 0. The van der Waals surface area contributed by atoms with Crippen molar-refractivity contribution < 1.29 is 13.6 Å². The fourth-order valence-electron chi connectivity index (χ4n) is 1.56. The first-order valence-corrected chi connectivity index (χ1v) is 7.05. The molecule has 0 saturated carbocycles. The summed E-state index contributed by atoms with van der Waals surface area (Å²) in [5, 5.41) is 0.789. The van der Waals surface area contributed by atoms with Gasteiger partial charge < -0.3 is 5.73 Å². The Kier molecular flexibility index (Phi) is 6.87. The third-order valence-electron chi connectivity index (χ3n) is 2.52. The molecule has 0 radical (unpaired) electrons. The minimum Gasteiger partial charge on any atom is -0.393 e. The van der Waals surface area contributed by atoms with Gasteiger partial charge >= 0.3 is 0 Å². The lowest BCUT2D eigenvalue weighted by Gasteiger charge is -2.03. The molecule has 0 bridgehead atoms. The first-order chi connectivity index (χ1) is 9.95. The first-order valence-electron chi connectivity index (χ1n) is 5.85. The van der Waals surface area contributed by atoms with Crippen LogP contribution in [0.4, 0.5) is 8.78 Å². The van der Waals surface area contributed by atoms with Gasteiger partial charge in [0, 0.05) is 22.1 Å². The average Bonchev–Trinajstić information content (AvgIpc) is 2.41. The van der Waals surface area contributed by atoms with Gasteiger partial charge in [0.2, 0.25) is 0 Å². The van der Waals surface area contributed by atoms with E-state index < -0.39 is 17.4 Å². The maximum atomic E-state index is 13.5. The summed E-state index contributed by atoms with van der Waals surface area (Å²) in [6.07, 6.45) is 1.11. The molecular formula is C15H11Cl2F2NOS. The Hall–Kier alpha value is -1.56. The summed E-state index contributed by atoms with van der Waals surface area (Å²) in [7, 11) is 0. The zero-order valence-electron chi connectivity index (χ0n) is 11.1. The average molecular weight is 362 g/mol. The molecular weight excluding hydrogens is 351 g/mol. The highest BCUT2D eigenvalue weighted by Crippen LogP contribution is 2.25. The number of nitrogens with two attached hydrogens (primary N) is 1. The lowest BCUT2D eigenvalue weighted by Crippen LogP contribution is -2.03. The van der Waals surface area contributed by atoms with Crippen molar-refractivity contribution in [1.29, 1.82) is 0 Å². The fourth-order valence-corrected chi connectivity index (χ4v) is 2.40. The summed E-state index contributed by atoms with van der Waals surface area (Å²) in [4.78, 5) is 12.7. The smallest absolute Gasteiger partial charge is 0.191 e. The number of hydrogen-bond donors (Lipinski definition) is 1. The van der Waals surface area contributed by atoms with E-state index in [1.165, 1.54) is 0 Å². The molecule has 2 N–H and O–H groups in total. The van der Waals surface area contributed by atoms with E-state index in [1.54, 1.807) is 24.3 Å². The van der Waals surface area contributed by atoms with E-state index in [1.807, 2.05) is 0 Å². The van der Waals surface area contributed by atoms with Crippen LogP contribution in [-0.4, -0.2) is 5.78 Å². The summed E-state index contributed by atoms with van der Waals surface area (Å²) in [5.41, 5.74) is 5.51. The Morgan fingerprint density at radius 3 is 2.36 bits per heavy atom. The summed E-state index contributed by atoms with van der Waals surface area (Å²) in [6.45, 7) is 0. The summed E-state index contributed by atoms with van der Waals surface area (Å²) < 4.78 is 26.3.